The molecule has 3 heterocycles. The van der Waals surface area contributed by atoms with Gasteiger partial charge in [0.1, 0.15) is 35.7 Å². The highest BCUT2D eigenvalue weighted by Crippen LogP contribution is 2.40. The average Bonchev–Trinajstić information content (AvgIpc) is 3.17. The van der Waals surface area contributed by atoms with Crippen LogP contribution in [0.25, 0.3) is 0 Å². The second kappa shape index (κ2) is 22.5. The van der Waals surface area contributed by atoms with Crippen molar-refractivity contribution in [1.29, 1.82) is 0 Å². The fourth-order valence-electron chi connectivity index (χ4n) is 8.81. The molecule has 0 unspecified atom stereocenters. The van der Waals surface area contributed by atoms with Crippen LogP contribution in [0.4, 0.5) is 0 Å². The Labute approximate surface area is 360 Å². The number of likely N-dealkylation sites (N-methyl/N-ethyl adjacent to an activating group) is 1. The van der Waals surface area contributed by atoms with Crippen LogP contribution in [-0.4, -0.2) is 176 Å². The summed E-state index contributed by atoms with van der Waals surface area (Å²) in [5.74, 6) is -7.17. The van der Waals surface area contributed by atoms with Gasteiger partial charge in [0, 0.05) is 43.7 Å². The van der Waals surface area contributed by atoms with E-state index in [0.29, 0.717) is 6.42 Å². The number of cyclic esters (lactones) is 1. The molecule has 0 amide bonds. The van der Waals surface area contributed by atoms with Gasteiger partial charge in [0.15, 0.2) is 12.6 Å². The standard InChI is InChI=1S/C37H67NO13.C5H9NO4/c1-14-25-37(10,45)30(41)20(4)27(39)18(2)16-35(8,44)32(51-34-28(40)24(38(11)12)15-19(3)47-34)21(5)29(22(6)33(43)49-25)50-26-17-36(9,46-13)31(42)23(7)48-26;6-3(5(9)10)1-2-4(7)8/h18-26,28-32,34,40-42,44-45H,14-17H2,1-13H3;3H,1-2,6H2,(H,7,8)(H,9,10)/t18-,19-,20+,21+,22-,23+,24+,25-,26+,28-,29+,30-,31+,32-,34+,35-,36-,37-;3-/m10/s1. The van der Waals surface area contributed by atoms with Crippen LogP contribution >= 0.6 is 0 Å². The van der Waals surface area contributed by atoms with Crippen molar-refractivity contribution in [2.24, 2.45) is 29.4 Å². The molecule has 3 aliphatic rings. The zero-order chi connectivity index (χ0) is 47.1. The van der Waals surface area contributed by atoms with Gasteiger partial charge in [0.05, 0.1) is 47.6 Å². The molecule has 3 saturated heterocycles. The summed E-state index contributed by atoms with van der Waals surface area (Å²) in [6.07, 6.45) is -9.93. The number of carboxylic acid groups (broad SMARTS) is 2. The SMILES string of the molecule is CC[C@H]1OC(=O)[C@H](C)[C@@H](O[C@H]2C[C@@](C)(OC)[C@@H](O)[C@H](C)O2)[C@H](C)[C@@H](O[C@@H]2O[C@H](C)C[C@H](N(C)C)[C@H]2O)[C@](C)(O)C[C@@H](C)C(=O)[C@H](C)[C@@H](O)[C@]1(C)O.N[C@@H](CCC(=O)O)C(=O)O. The van der Waals surface area contributed by atoms with Crippen molar-refractivity contribution < 1.29 is 83.3 Å². The number of aliphatic hydroxyl groups is 5. The van der Waals surface area contributed by atoms with Crippen LogP contribution < -0.4 is 5.73 Å². The van der Waals surface area contributed by atoms with E-state index < -0.39 is 126 Å². The molecule has 0 aromatic heterocycles. The normalized spacial score (nSPS) is 43.6. The first-order valence-electron chi connectivity index (χ1n) is 21.2. The number of rotatable bonds is 11. The molecule has 9 N–H and O–H groups in total. The molecule has 19 nitrogen and oxygen atoms in total. The lowest BCUT2D eigenvalue weighted by molar-refractivity contribution is -0.318. The summed E-state index contributed by atoms with van der Waals surface area (Å²) >= 11 is 0. The van der Waals surface area contributed by atoms with Crippen molar-refractivity contribution in [3.05, 3.63) is 0 Å². The Hall–Kier alpha value is -2.40. The van der Waals surface area contributed by atoms with Crippen molar-refractivity contribution in [2.45, 2.75) is 198 Å². The number of hydrogen-bond donors (Lipinski definition) is 8. The molecular formula is C42H76N2O17. The van der Waals surface area contributed by atoms with Gasteiger partial charge in [-0.1, -0.05) is 27.7 Å². The molecule has 0 spiro atoms. The van der Waals surface area contributed by atoms with E-state index in [1.165, 1.54) is 27.9 Å². The molecule has 356 valence electrons. The van der Waals surface area contributed by atoms with E-state index in [9.17, 15) is 44.7 Å². The summed E-state index contributed by atoms with van der Waals surface area (Å²) in [7, 11) is 5.18. The Morgan fingerprint density at radius 2 is 1.51 bits per heavy atom. The van der Waals surface area contributed by atoms with Crippen LogP contribution in [0, 0.1) is 23.7 Å². The average molecular weight is 881 g/mol. The monoisotopic (exact) mass is 881 g/mol. The van der Waals surface area contributed by atoms with Gasteiger partial charge in [0.2, 0.25) is 0 Å². The number of ketones is 1. The minimum absolute atomic E-state index is 0.0231. The number of hydrogen-bond acceptors (Lipinski definition) is 17. The minimum Gasteiger partial charge on any atom is -0.481 e. The van der Waals surface area contributed by atoms with E-state index in [0.717, 1.165) is 0 Å². The molecule has 19 atom stereocenters. The van der Waals surface area contributed by atoms with Crippen LogP contribution in [0.2, 0.25) is 0 Å². The number of methoxy groups -OCH3 is 1. The second-order valence-corrected chi connectivity index (χ2v) is 18.3. The van der Waals surface area contributed by atoms with Crippen LogP contribution in [0.1, 0.15) is 108 Å². The number of Topliss-reactive ketones (excluding diaryl/α,β-unsaturated/α-hetero) is 1. The van der Waals surface area contributed by atoms with Gasteiger partial charge < -0.3 is 74.8 Å². The summed E-state index contributed by atoms with van der Waals surface area (Å²) in [4.78, 5) is 49.6. The third-order valence-corrected chi connectivity index (χ3v) is 12.8. The predicted octanol–water partition coefficient (Wildman–Crippen LogP) is 1.05. The van der Waals surface area contributed by atoms with E-state index in [1.807, 2.05) is 25.9 Å². The summed E-state index contributed by atoms with van der Waals surface area (Å²) in [6.45, 7) is 16.3. The van der Waals surface area contributed by atoms with E-state index in [1.54, 1.807) is 41.5 Å². The third kappa shape index (κ3) is 13.8. The Kier molecular flexibility index (Phi) is 20.2. The second-order valence-electron chi connectivity index (χ2n) is 18.3. The number of aliphatic carboxylic acids is 2. The predicted molar refractivity (Wildman–Crippen MR) is 219 cm³/mol. The molecule has 3 aliphatic heterocycles. The molecule has 61 heavy (non-hydrogen) atoms. The van der Waals surface area contributed by atoms with Crippen molar-refractivity contribution in [2.75, 3.05) is 21.2 Å². The van der Waals surface area contributed by atoms with Crippen molar-refractivity contribution >= 4 is 23.7 Å². The molecule has 0 aromatic rings. The van der Waals surface area contributed by atoms with Crippen molar-refractivity contribution in [3.8, 4) is 0 Å². The van der Waals surface area contributed by atoms with Crippen LogP contribution in [0.15, 0.2) is 0 Å². The zero-order valence-electron chi connectivity index (χ0n) is 38.2. The van der Waals surface area contributed by atoms with Crippen molar-refractivity contribution in [3.63, 3.8) is 0 Å². The zero-order valence-corrected chi connectivity index (χ0v) is 38.2. The largest absolute Gasteiger partial charge is 0.481 e. The van der Waals surface area contributed by atoms with Crippen LogP contribution in [0.5, 0.6) is 0 Å². The number of carbonyl (C=O) groups excluding carboxylic acids is 2. The summed E-state index contributed by atoms with van der Waals surface area (Å²) < 4.78 is 37.1. The number of carbonyl (C=O) groups is 4. The van der Waals surface area contributed by atoms with Crippen molar-refractivity contribution in [1.82, 2.24) is 4.90 Å². The van der Waals surface area contributed by atoms with Crippen LogP contribution in [-0.2, 0) is 47.6 Å². The summed E-state index contributed by atoms with van der Waals surface area (Å²) in [5, 5.41) is 73.9. The van der Waals surface area contributed by atoms with E-state index in [-0.39, 0.29) is 44.2 Å². The van der Waals surface area contributed by atoms with Gasteiger partial charge in [-0.05, 0) is 81.3 Å². The molecule has 0 aliphatic carbocycles. The first kappa shape index (κ1) is 54.7. The lowest BCUT2D eigenvalue weighted by atomic mass is 9.74. The number of ether oxygens (including phenoxy) is 6. The maximum atomic E-state index is 14.1. The fraction of sp³-hybridized carbons (Fsp3) is 0.905. The van der Waals surface area contributed by atoms with E-state index in [4.69, 9.17) is 44.4 Å². The summed E-state index contributed by atoms with van der Waals surface area (Å²) in [5.41, 5.74) is 0.163. The Balaban J connectivity index is 0.00000113. The molecule has 3 rings (SSSR count). The first-order valence-corrected chi connectivity index (χ1v) is 21.2. The third-order valence-electron chi connectivity index (χ3n) is 12.8. The molecule has 0 bridgehead atoms. The van der Waals surface area contributed by atoms with Gasteiger partial charge in [0.25, 0.3) is 0 Å². The lowest BCUT2D eigenvalue weighted by Crippen LogP contribution is -2.61. The van der Waals surface area contributed by atoms with E-state index in [2.05, 4.69) is 0 Å². The molecular weight excluding hydrogens is 804 g/mol. The van der Waals surface area contributed by atoms with Crippen LogP contribution in [0.3, 0.4) is 0 Å². The van der Waals surface area contributed by atoms with Gasteiger partial charge in [-0.2, -0.15) is 0 Å². The first-order chi connectivity index (χ1) is 28.0. The maximum Gasteiger partial charge on any atom is 0.320 e. The van der Waals surface area contributed by atoms with Gasteiger partial charge in [-0.25, -0.2) is 0 Å². The summed E-state index contributed by atoms with van der Waals surface area (Å²) in [6, 6.07) is -1.38. The number of esters is 1. The Bertz CT molecular complexity index is 1450. The lowest BCUT2D eigenvalue weighted by Gasteiger charge is -2.49. The molecule has 0 radical (unpaired) electrons. The molecule has 0 saturated carbocycles. The number of carboxylic acids is 2. The van der Waals surface area contributed by atoms with Gasteiger partial charge in [-0.3, -0.25) is 19.2 Å². The number of aliphatic hydroxyl groups excluding tert-OH is 3. The number of nitrogens with zero attached hydrogens (tertiary/aromatic N) is 1. The molecule has 3 fully saturated rings. The smallest absolute Gasteiger partial charge is 0.320 e. The van der Waals surface area contributed by atoms with Gasteiger partial charge >= 0.3 is 17.9 Å². The Morgan fingerprint density at radius 1 is 0.918 bits per heavy atom. The topological polar surface area (TPSA) is 295 Å². The van der Waals surface area contributed by atoms with E-state index >= 15 is 0 Å². The minimum atomic E-state index is -1.99. The Morgan fingerprint density at radius 3 is 2.02 bits per heavy atom. The highest BCUT2D eigenvalue weighted by molar-refractivity contribution is 5.83. The quantitative estimate of drug-likeness (QED) is 0.135. The highest BCUT2D eigenvalue weighted by Gasteiger charge is 2.53. The highest BCUT2D eigenvalue weighted by atomic mass is 16.7. The maximum absolute atomic E-state index is 14.1. The fourth-order valence-corrected chi connectivity index (χ4v) is 8.81. The molecule has 19 heteroatoms. The van der Waals surface area contributed by atoms with Gasteiger partial charge in [-0.15, -0.1) is 0 Å². The molecule has 0 aromatic carbocycles. The number of nitrogens with two attached hydrogens (primary N) is 1.